The summed E-state index contributed by atoms with van der Waals surface area (Å²) in [7, 11) is 1.19. The number of carbonyl (C=O) groups excluding carboxylic acids is 3. The van der Waals surface area contributed by atoms with Gasteiger partial charge in [0, 0.05) is 24.7 Å². The molecule has 4 rings (SSSR count). The van der Waals surface area contributed by atoms with Crippen molar-refractivity contribution in [1.29, 1.82) is 0 Å². The molecule has 2 amide bonds. The average molecular weight is 489 g/mol. The van der Waals surface area contributed by atoms with Crippen molar-refractivity contribution in [3.63, 3.8) is 0 Å². The van der Waals surface area contributed by atoms with E-state index < -0.39 is 47.9 Å². The maximum Gasteiger partial charge on any atom is 0.416 e. The van der Waals surface area contributed by atoms with E-state index in [0.717, 1.165) is 17.0 Å². The number of ether oxygens (including phenoxy) is 1. The first-order valence-electron chi connectivity index (χ1n) is 10.5. The molecule has 1 unspecified atom stereocenters. The molecule has 1 aromatic heterocycles. The molecule has 2 aliphatic rings. The molecule has 1 atom stereocenters. The molecule has 11 heteroatoms. The van der Waals surface area contributed by atoms with E-state index in [4.69, 9.17) is 0 Å². The average Bonchev–Trinajstić information content (AvgIpc) is 2.76. The number of hydrogen-bond acceptors (Lipinski definition) is 5. The molecule has 0 N–H and O–H groups in total. The van der Waals surface area contributed by atoms with Crippen molar-refractivity contribution in [3.05, 3.63) is 75.9 Å². The Labute approximate surface area is 197 Å². The number of methoxy groups -OCH3 is 1. The standard InChI is InChI=1S/C24H19F4N3O4/c1-13-7-18(25)21(29-10-13)31-12-19(32)30(11-14-3-5-17(6-4-14)24(26,27)28)20(22(31)33)15-8-16(9-15)23(34)35-2/h3-7,10,20H,8,11-12H2,1-2H3. The Kier molecular flexibility index (Phi) is 6.21. The minimum absolute atomic E-state index is 0.0114. The third kappa shape index (κ3) is 4.67. The number of aryl methyl sites for hydroxylation is 1. The normalized spacial score (nSPS) is 18.2. The second-order valence-corrected chi connectivity index (χ2v) is 8.16. The van der Waals surface area contributed by atoms with Crippen LogP contribution in [0, 0.1) is 12.7 Å². The van der Waals surface area contributed by atoms with Crippen molar-refractivity contribution in [2.75, 3.05) is 18.6 Å². The highest BCUT2D eigenvalue weighted by Crippen LogP contribution is 2.34. The summed E-state index contributed by atoms with van der Waals surface area (Å²) >= 11 is 0. The Hall–Kier alpha value is -3.98. The molecular formula is C24H19F4N3O4. The molecule has 2 aromatic rings. The smallest absolute Gasteiger partial charge is 0.416 e. The molecule has 35 heavy (non-hydrogen) atoms. The van der Waals surface area contributed by atoms with Crippen LogP contribution in [0.25, 0.3) is 0 Å². The second kappa shape index (κ2) is 8.99. The zero-order valence-corrected chi connectivity index (χ0v) is 18.6. The van der Waals surface area contributed by atoms with Crippen molar-refractivity contribution >= 4 is 23.6 Å². The topological polar surface area (TPSA) is 79.8 Å². The van der Waals surface area contributed by atoms with Crippen LogP contribution >= 0.6 is 0 Å². The fourth-order valence-electron chi connectivity index (χ4n) is 3.92. The lowest BCUT2D eigenvalue weighted by atomic mass is 9.88. The molecule has 1 aliphatic heterocycles. The van der Waals surface area contributed by atoms with Crippen molar-refractivity contribution < 1.29 is 36.7 Å². The monoisotopic (exact) mass is 489 g/mol. The zero-order valence-electron chi connectivity index (χ0n) is 18.6. The first kappa shape index (κ1) is 24.2. The van der Waals surface area contributed by atoms with Gasteiger partial charge in [-0.3, -0.25) is 14.5 Å². The van der Waals surface area contributed by atoms with Crippen molar-refractivity contribution in [2.24, 2.45) is 0 Å². The van der Waals surface area contributed by atoms with Gasteiger partial charge in [0.25, 0.3) is 5.91 Å². The number of pyridine rings is 1. The Balaban J connectivity index is 1.70. The zero-order chi connectivity index (χ0) is 25.5. The van der Waals surface area contributed by atoms with Gasteiger partial charge in [0.05, 0.1) is 18.2 Å². The van der Waals surface area contributed by atoms with Crippen LogP contribution < -0.4 is 4.90 Å². The molecule has 182 valence electrons. The lowest BCUT2D eigenvalue weighted by molar-refractivity contribution is -0.142. The van der Waals surface area contributed by atoms with Crippen LogP contribution in [0.15, 0.2) is 53.4 Å². The number of amides is 2. The van der Waals surface area contributed by atoms with Crippen LogP contribution in [0.5, 0.6) is 0 Å². The molecule has 2 heterocycles. The van der Waals surface area contributed by atoms with E-state index >= 15 is 0 Å². The number of piperazine rings is 1. The van der Waals surface area contributed by atoms with Gasteiger partial charge < -0.3 is 9.64 Å². The van der Waals surface area contributed by atoms with Crippen LogP contribution in [-0.2, 0) is 31.8 Å². The summed E-state index contributed by atoms with van der Waals surface area (Å²) in [5, 5.41) is 0. The van der Waals surface area contributed by atoms with Gasteiger partial charge in [-0.1, -0.05) is 12.1 Å². The highest BCUT2D eigenvalue weighted by molar-refractivity contribution is 6.08. The van der Waals surface area contributed by atoms with E-state index in [1.165, 1.54) is 36.4 Å². The van der Waals surface area contributed by atoms with Gasteiger partial charge in [-0.25, -0.2) is 14.2 Å². The van der Waals surface area contributed by atoms with E-state index in [0.29, 0.717) is 16.7 Å². The highest BCUT2D eigenvalue weighted by atomic mass is 19.4. The SMILES string of the molecule is COC(=O)C1=C=C(C2C(=O)N(c3ncc(C)cc3F)CC(=O)N2Cc2ccc(C(F)(F)F)cc2)C1. The van der Waals surface area contributed by atoms with Gasteiger partial charge in [0.1, 0.15) is 12.6 Å². The molecular weight excluding hydrogens is 470 g/mol. The van der Waals surface area contributed by atoms with E-state index in [-0.39, 0.29) is 24.4 Å². The van der Waals surface area contributed by atoms with Crippen molar-refractivity contribution in [1.82, 2.24) is 9.88 Å². The predicted molar refractivity (Wildman–Crippen MR) is 114 cm³/mol. The van der Waals surface area contributed by atoms with Crippen molar-refractivity contribution in [2.45, 2.75) is 32.1 Å². The number of benzene rings is 1. The molecule has 0 bridgehead atoms. The van der Waals surface area contributed by atoms with Crippen LogP contribution in [0.2, 0.25) is 0 Å². The van der Waals surface area contributed by atoms with Crippen LogP contribution in [-0.4, -0.2) is 47.4 Å². The first-order chi connectivity index (χ1) is 16.5. The number of aromatic nitrogens is 1. The second-order valence-electron chi connectivity index (χ2n) is 8.16. The molecule has 1 fully saturated rings. The van der Waals surface area contributed by atoms with Gasteiger partial charge in [0.15, 0.2) is 11.6 Å². The summed E-state index contributed by atoms with van der Waals surface area (Å²) in [6, 6.07) is 4.15. The fraction of sp³-hybridized carbons (Fsp3) is 0.292. The minimum Gasteiger partial charge on any atom is -0.465 e. The number of hydrogen-bond donors (Lipinski definition) is 0. The third-order valence-corrected chi connectivity index (χ3v) is 5.71. The lowest BCUT2D eigenvalue weighted by Gasteiger charge is -2.41. The number of rotatable bonds is 5. The molecule has 0 spiro atoms. The van der Waals surface area contributed by atoms with E-state index in [2.05, 4.69) is 15.5 Å². The molecule has 1 saturated heterocycles. The van der Waals surface area contributed by atoms with Crippen LogP contribution in [0.3, 0.4) is 0 Å². The number of halogens is 4. The lowest BCUT2D eigenvalue weighted by Crippen LogP contribution is -2.61. The largest absolute Gasteiger partial charge is 0.465 e. The maximum absolute atomic E-state index is 14.6. The molecule has 0 saturated carbocycles. The molecule has 7 nitrogen and oxygen atoms in total. The van der Waals surface area contributed by atoms with Crippen LogP contribution in [0.4, 0.5) is 23.4 Å². The van der Waals surface area contributed by atoms with E-state index in [9.17, 15) is 31.9 Å². The molecule has 1 aromatic carbocycles. The maximum atomic E-state index is 14.6. The highest BCUT2D eigenvalue weighted by Gasteiger charge is 2.45. The minimum atomic E-state index is -4.52. The summed E-state index contributed by atoms with van der Waals surface area (Å²) < 4.78 is 57.9. The van der Waals surface area contributed by atoms with Gasteiger partial charge in [-0.05, 0) is 36.2 Å². The van der Waals surface area contributed by atoms with Gasteiger partial charge in [-0.2, -0.15) is 13.2 Å². The quantitative estimate of drug-likeness (QED) is 0.366. The van der Waals surface area contributed by atoms with E-state index in [1.807, 2.05) is 0 Å². The molecule has 0 radical (unpaired) electrons. The van der Waals surface area contributed by atoms with Crippen molar-refractivity contribution in [3.8, 4) is 0 Å². The van der Waals surface area contributed by atoms with Gasteiger partial charge >= 0.3 is 12.1 Å². The molecule has 1 aliphatic carbocycles. The van der Waals surface area contributed by atoms with E-state index in [1.54, 1.807) is 6.92 Å². The predicted octanol–water partition coefficient (Wildman–Crippen LogP) is 3.32. The summed E-state index contributed by atoms with van der Waals surface area (Å²) in [5.74, 6) is -2.98. The number of esters is 1. The first-order valence-corrected chi connectivity index (χ1v) is 10.5. The van der Waals surface area contributed by atoms with Gasteiger partial charge in [0.2, 0.25) is 5.91 Å². The summed E-state index contributed by atoms with van der Waals surface area (Å²) in [5.41, 5.74) is 3.25. The fourth-order valence-corrected chi connectivity index (χ4v) is 3.92. The summed E-state index contributed by atoms with van der Waals surface area (Å²) in [6.45, 7) is 0.934. The van der Waals surface area contributed by atoms with Crippen LogP contribution in [0.1, 0.15) is 23.1 Å². The summed E-state index contributed by atoms with van der Waals surface area (Å²) in [4.78, 5) is 44.4. The Morgan fingerprint density at radius 3 is 2.46 bits per heavy atom. The summed E-state index contributed by atoms with van der Waals surface area (Å²) in [6.07, 6.45) is -3.15. The number of anilines is 1. The Morgan fingerprint density at radius 1 is 1.23 bits per heavy atom. The third-order valence-electron chi connectivity index (χ3n) is 5.71. The number of alkyl halides is 3. The van der Waals surface area contributed by atoms with Gasteiger partial charge in [-0.15, -0.1) is 5.73 Å². The Morgan fingerprint density at radius 2 is 1.89 bits per heavy atom. The Bertz CT molecular complexity index is 1280. The number of nitrogens with zero attached hydrogens (tertiary/aromatic N) is 3. The number of carbonyl (C=O) groups is 3.